The minimum absolute atomic E-state index is 0.0324. The van der Waals surface area contributed by atoms with Gasteiger partial charge in [0.2, 0.25) is 5.88 Å². The van der Waals surface area contributed by atoms with Crippen LogP contribution >= 0.6 is 0 Å². The molecule has 0 unspecified atom stereocenters. The Bertz CT molecular complexity index is 1350. The highest BCUT2D eigenvalue weighted by Crippen LogP contribution is 2.46. The first kappa shape index (κ1) is 22.0. The molecule has 1 aliphatic heterocycles. The van der Waals surface area contributed by atoms with E-state index < -0.39 is 5.92 Å². The number of nitrogens with two attached hydrogens (primary N) is 1. The number of nitrogens with zero attached hydrogens (tertiary/aromatic N) is 2. The number of benzene rings is 2. The molecule has 1 aromatic heterocycles. The molecule has 2 aromatic carbocycles. The van der Waals surface area contributed by atoms with E-state index in [-0.39, 0.29) is 17.0 Å². The van der Waals surface area contributed by atoms with E-state index in [1.807, 2.05) is 38.1 Å². The molecule has 7 heteroatoms. The molecule has 0 spiro atoms. The zero-order valence-corrected chi connectivity index (χ0v) is 19.0. The third-order valence-electron chi connectivity index (χ3n) is 5.90. The van der Waals surface area contributed by atoms with Crippen molar-refractivity contribution in [1.82, 2.24) is 4.57 Å². The summed E-state index contributed by atoms with van der Waals surface area (Å²) in [5.41, 5.74) is 9.83. The van der Waals surface area contributed by atoms with Crippen LogP contribution in [0.4, 0.5) is 0 Å². The molecule has 0 saturated heterocycles. The van der Waals surface area contributed by atoms with E-state index >= 15 is 0 Å². The van der Waals surface area contributed by atoms with E-state index in [0.29, 0.717) is 34.9 Å². The summed E-state index contributed by atoms with van der Waals surface area (Å²) in [5.74, 6) is 0.467. The molecule has 0 bridgehead atoms. The number of allylic oxidation sites excluding steroid dienone is 1. The van der Waals surface area contributed by atoms with Crippen molar-refractivity contribution in [3.05, 3.63) is 98.3 Å². The van der Waals surface area contributed by atoms with Gasteiger partial charge in [-0.25, -0.2) is 0 Å². The molecule has 1 aliphatic rings. The Balaban J connectivity index is 1.96. The van der Waals surface area contributed by atoms with Crippen LogP contribution in [0, 0.1) is 25.2 Å². The van der Waals surface area contributed by atoms with Crippen LogP contribution in [0.3, 0.4) is 0 Å². The number of rotatable bonds is 5. The van der Waals surface area contributed by atoms with Gasteiger partial charge < -0.3 is 24.5 Å². The summed E-state index contributed by atoms with van der Waals surface area (Å²) in [4.78, 5) is 13.8. The van der Waals surface area contributed by atoms with Crippen LogP contribution in [0.1, 0.15) is 33.9 Å². The average molecular weight is 444 g/mol. The van der Waals surface area contributed by atoms with Crippen molar-refractivity contribution in [1.29, 1.82) is 5.26 Å². The number of ether oxygens (including phenoxy) is 3. The topological polar surface area (TPSA) is 99.5 Å². The summed E-state index contributed by atoms with van der Waals surface area (Å²) >= 11 is 0. The molecule has 0 radical (unpaired) electrons. The Morgan fingerprint density at radius 1 is 1.12 bits per heavy atom. The second-order valence-electron chi connectivity index (χ2n) is 7.95. The van der Waals surface area contributed by atoms with Gasteiger partial charge in [0.1, 0.15) is 17.4 Å². The van der Waals surface area contributed by atoms with Gasteiger partial charge in [-0.15, -0.1) is 0 Å². The molecule has 0 saturated carbocycles. The number of para-hydroxylation sites is 1. The van der Waals surface area contributed by atoms with Crippen molar-refractivity contribution in [2.24, 2.45) is 5.73 Å². The summed E-state index contributed by atoms with van der Waals surface area (Å²) in [6.07, 6.45) is 0. The van der Waals surface area contributed by atoms with Crippen molar-refractivity contribution >= 4 is 0 Å². The first-order chi connectivity index (χ1) is 15.9. The lowest BCUT2D eigenvalue weighted by atomic mass is 9.83. The smallest absolute Gasteiger partial charge is 0.259 e. The van der Waals surface area contributed by atoms with Gasteiger partial charge in [0.05, 0.1) is 32.2 Å². The lowest BCUT2D eigenvalue weighted by molar-refractivity contribution is 0.348. The molecule has 2 N–H and O–H groups in total. The predicted molar refractivity (Wildman–Crippen MR) is 125 cm³/mol. The van der Waals surface area contributed by atoms with Gasteiger partial charge in [-0.3, -0.25) is 4.79 Å². The van der Waals surface area contributed by atoms with Crippen LogP contribution in [0.25, 0.3) is 0 Å². The van der Waals surface area contributed by atoms with Crippen LogP contribution in [-0.4, -0.2) is 18.8 Å². The van der Waals surface area contributed by atoms with Gasteiger partial charge in [-0.1, -0.05) is 42.0 Å². The Labute approximate surface area is 192 Å². The Kier molecular flexibility index (Phi) is 5.84. The molecule has 2 heterocycles. The molecule has 1 atom stereocenters. The van der Waals surface area contributed by atoms with Gasteiger partial charge >= 0.3 is 0 Å². The minimum Gasteiger partial charge on any atom is -0.493 e. The molecule has 4 rings (SSSR count). The lowest BCUT2D eigenvalue weighted by Gasteiger charge is -2.28. The third kappa shape index (κ3) is 3.80. The number of hydrogen-bond acceptors (Lipinski definition) is 6. The first-order valence-corrected chi connectivity index (χ1v) is 10.5. The molecule has 3 aromatic rings. The highest BCUT2D eigenvalue weighted by Gasteiger charge is 2.36. The normalized spacial score (nSPS) is 14.8. The van der Waals surface area contributed by atoms with Crippen molar-refractivity contribution in [2.45, 2.75) is 26.3 Å². The highest BCUT2D eigenvalue weighted by atomic mass is 16.5. The molecule has 168 valence electrons. The Hall–Kier alpha value is -4.18. The fourth-order valence-electron chi connectivity index (χ4n) is 4.21. The van der Waals surface area contributed by atoms with Crippen molar-refractivity contribution in [2.75, 3.05) is 14.2 Å². The predicted octanol–water partition coefficient (Wildman–Crippen LogP) is 3.75. The van der Waals surface area contributed by atoms with Crippen LogP contribution in [0.5, 0.6) is 17.2 Å². The largest absolute Gasteiger partial charge is 0.493 e. The Morgan fingerprint density at radius 2 is 1.85 bits per heavy atom. The van der Waals surface area contributed by atoms with Crippen LogP contribution < -0.4 is 25.5 Å². The molecule has 7 nitrogen and oxygen atoms in total. The summed E-state index contributed by atoms with van der Waals surface area (Å²) in [6, 6.07) is 17.3. The van der Waals surface area contributed by atoms with E-state index in [2.05, 4.69) is 6.07 Å². The van der Waals surface area contributed by atoms with Gasteiger partial charge in [0, 0.05) is 17.3 Å². The zero-order valence-electron chi connectivity index (χ0n) is 19.0. The van der Waals surface area contributed by atoms with Crippen molar-refractivity contribution in [3.63, 3.8) is 0 Å². The second kappa shape index (κ2) is 8.75. The molecule has 0 amide bonds. The molecule has 0 aliphatic carbocycles. The third-order valence-corrected chi connectivity index (χ3v) is 5.90. The summed E-state index contributed by atoms with van der Waals surface area (Å²) < 4.78 is 18.5. The van der Waals surface area contributed by atoms with Gasteiger partial charge in [0.15, 0.2) is 11.5 Å². The SMILES string of the molecule is COc1cccc([C@H]2C(C#N)=C(N)Oc3cc(C)n(Cc4ccc(C)cc4)c(=O)c32)c1OC. The maximum atomic E-state index is 13.8. The minimum atomic E-state index is -0.763. The van der Waals surface area contributed by atoms with E-state index in [1.54, 1.807) is 28.8 Å². The Morgan fingerprint density at radius 3 is 2.48 bits per heavy atom. The maximum Gasteiger partial charge on any atom is 0.259 e. The number of aromatic nitrogens is 1. The van der Waals surface area contributed by atoms with Crippen molar-refractivity contribution in [3.8, 4) is 23.3 Å². The van der Waals surface area contributed by atoms with Gasteiger partial charge in [0.25, 0.3) is 5.56 Å². The van der Waals surface area contributed by atoms with Crippen LogP contribution in [-0.2, 0) is 6.54 Å². The molecule has 0 fully saturated rings. The number of nitriles is 1. The lowest BCUT2D eigenvalue weighted by Crippen LogP contribution is -2.33. The monoisotopic (exact) mass is 443 g/mol. The number of hydrogen-bond donors (Lipinski definition) is 1. The molecular weight excluding hydrogens is 418 g/mol. The van der Waals surface area contributed by atoms with Crippen molar-refractivity contribution < 1.29 is 14.2 Å². The summed E-state index contributed by atoms with van der Waals surface area (Å²) in [5, 5.41) is 9.94. The average Bonchev–Trinajstić information content (AvgIpc) is 2.81. The van der Waals surface area contributed by atoms with E-state index in [4.69, 9.17) is 19.9 Å². The van der Waals surface area contributed by atoms with E-state index in [9.17, 15) is 10.1 Å². The van der Waals surface area contributed by atoms with E-state index in [1.165, 1.54) is 14.2 Å². The fourth-order valence-corrected chi connectivity index (χ4v) is 4.21. The highest BCUT2D eigenvalue weighted by molar-refractivity contribution is 5.60. The number of fused-ring (bicyclic) bond motifs is 1. The molecular formula is C26H25N3O4. The number of pyridine rings is 1. The van der Waals surface area contributed by atoms with Crippen LogP contribution in [0.2, 0.25) is 0 Å². The summed E-state index contributed by atoms with van der Waals surface area (Å²) in [6.45, 7) is 4.26. The fraction of sp³-hybridized carbons (Fsp3) is 0.231. The second-order valence-corrected chi connectivity index (χ2v) is 7.95. The standard InChI is InChI=1S/C26H25N3O4/c1-15-8-10-17(11-9-15)14-29-16(2)12-21-23(26(29)30)22(19(13-27)25(28)33-21)18-6-5-7-20(31-3)24(18)32-4/h5-12,22H,14,28H2,1-4H3/t22-/m0/s1. The quantitative estimate of drug-likeness (QED) is 0.645. The maximum absolute atomic E-state index is 13.8. The van der Waals surface area contributed by atoms with E-state index in [0.717, 1.165) is 16.8 Å². The first-order valence-electron chi connectivity index (χ1n) is 10.5. The van der Waals surface area contributed by atoms with Crippen LogP contribution in [0.15, 0.2) is 64.8 Å². The number of aryl methyl sites for hydroxylation is 2. The van der Waals surface area contributed by atoms with Gasteiger partial charge in [-0.2, -0.15) is 5.26 Å². The number of methoxy groups -OCH3 is 2. The molecule has 33 heavy (non-hydrogen) atoms. The van der Waals surface area contributed by atoms with Gasteiger partial charge in [-0.05, 0) is 25.5 Å². The zero-order chi connectivity index (χ0) is 23.7. The summed E-state index contributed by atoms with van der Waals surface area (Å²) in [7, 11) is 3.05.